The Morgan fingerprint density at radius 2 is 2.04 bits per heavy atom. The number of halogens is 3. The number of hydrazine groups is 1. The molecule has 0 aliphatic carbocycles. The number of benzene rings is 1. The summed E-state index contributed by atoms with van der Waals surface area (Å²) in [4.78, 5) is 22.3. The molecule has 1 aromatic heterocycles. The van der Waals surface area contributed by atoms with Crippen LogP contribution in [0.4, 0.5) is 10.2 Å². The van der Waals surface area contributed by atoms with E-state index in [0.29, 0.717) is 30.2 Å². The maximum atomic E-state index is 13.4. The fraction of sp³-hybridized carbons (Fsp3) is 0.188. The normalized spacial score (nSPS) is 14.5. The van der Waals surface area contributed by atoms with Crippen LogP contribution >= 0.6 is 23.2 Å². The second-order valence-corrected chi connectivity index (χ2v) is 6.36. The molecular formula is C16H15Cl2FN6O. The van der Waals surface area contributed by atoms with Gasteiger partial charge in [-0.25, -0.2) is 15.2 Å². The van der Waals surface area contributed by atoms with Crippen LogP contribution in [-0.2, 0) is 0 Å². The van der Waals surface area contributed by atoms with E-state index in [1.165, 1.54) is 34.6 Å². The molecule has 0 saturated heterocycles. The van der Waals surface area contributed by atoms with Crippen molar-refractivity contribution in [2.45, 2.75) is 6.42 Å². The minimum absolute atomic E-state index is 0.118. The third-order valence-electron chi connectivity index (χ3n) is 3.99. The fourth-order valence-corrected chi connectivity index (χ4v) is 3.04. The molecule has 0 radical (unpaired) electrons. The standard InChI is InChI=1S/C16H15Cl2FN6O/c17-14-9(1-2-10(19)15(14)18)16(26)24-6-3-12(11(20)8-24)25(21)13-7-22-4-5-23-13/h1-2,4-5,7H,3,6,8,20-21H2. The summed E-state index contributed by atoms with van der Waals surface area (Å²) in [6.07, 6.45) is 4.98. The van der Waals surface area contributed by atoms with E-state index in [1.807, 2.05) is 0 Å². The van der Waals surface area contributed by atoms with Gasteiger partial charge in [-0.1, -0.05) is 23.2 Å². The Hall–Kier alpha value is -2.42. The molecule has 4 N–H and O–H groups in total. The molecule has 7 nitrogen and oxygen atoms in total. The second-order valence-electron chi connectivity index (χ2n) is 5.61. The lowest BCUT2D eigenvalue weighted by Crippen LogP contribution is -2.44. The number of anilines is 1. The minimum atomic E-state index is -0.684. The fourth-order valence-electron chi connectivity index (χ4n) is 2.64. The highest BCUT2D eigenvalue weighted by molar-refractivity contribution is 6.43. The summed E-state index contributed by atoms with van der Waals surface area (Å²) in [5.41, 5.74) is 7.30. The Morgan fingerprint density at radius 1 is 1.27 bits per heavy atom. The molecule has 0 fully saturated rings. The maximum Gasteiger partial charge on any atom is 0.255 e. The molecule has 10 heteroatoms. The Kier molecular flexibility index (Phi) is 5.26. The van der Waals surface area contributed by atoms with Crippen LogP contribution in [-0.4, -0.2) is 33.9 Å². The summed E-state index contributed by atoms with van der Waals surface area (Å²) in [6, 6.07) is 2.40. The summed E-state index contributed by atoms with van der Waals surface area (Å²) < 4.78 is 13.4. The summed E-state index contributed by atoms with van der Waals surface area (Å²) in [7, 11) is 0. The van der Waals surface area contributed by atoms with Crippen LogP contribution in [0.15, 0.2) is 42.1 Å². The first kappa shape index (κ1) is 18.4. The molecule has 2 aromatic rings. The van der Waals surface area contributed by atoms with Gasteiger partial charge in [0, 0.05) is 31.1 Å². The second kappa shape index (κ2) is 7.45. The van der Waals surface area contributed by atoms with Crippen LogP contribution in [0, 0.1) is 5.82 Å². The largest absolute Gasteiger partial charge is 0.399 e. The number of nitrogens with zero attached hydrogens (tertiary/aromatic N) is 4. The molecule has 0 unspecified atom stereocenters. The van der Waals surface area contributed by atoms with Crippen molar-refractivity contribution >= 4 is 34.9 Å². The Balaban J connectivity index is 1.81. The van der Waals surface area contributed by atoms with E-state index in [4.69, 9.17) is 34.8 Å². The highest BCUT2D eigenvalue weighted by atomic mass is 35.5. The molecule has 136 valence electrons. The smallest absolute Gasteiger partial charge is 0.255 e. The lowest BCUT2D eigenvalue weighted by atomic mass is 10.1. The van der Waals surface area contributed by atoms with Crippen molar-refractivity contribution in [1.82, 2.24) is 14.9 Å². The van der Waals surface area contributed by atoms with E-state index in [2.05, 4.69) is 9.97 Å². The van der Waals surface area contributed by atoms with Gasteiger partial charge in [0.05, 0.1) is 34.0 Å². The lowest BCUT2D eigenvalue weighted by Gasteiger charge is -2.32. The first-order valence-electron chi connectivity index (χ1n) is 7.61. The number of amides is 1. The first-order valence-corrected chi connectivity index (χ1v) is 8.37. The van der Waals surface area contributed by atoms with Gasteiger partial charge in [-0.15, -0.1) is 0 Å². The molecule has 26 heavy (non-hydrogen) atoms. The predicted molar refractivity (Wildman–Crippen MR) is 96.9 cm³/mol. The third-order valence-corrected chi connectivity index (χ3v) is 4.85. The topological polar surface area (TPSA) is 101 Å². The van der Waals surface area contributed by atoms with E-state index < -0.39 is 5.82 Å². The molecule has 1 aliphatic rings. The monoisotopic (exact) mass is 396 g/mol. The lowest BCUT2D eigenvalue weighted by molar-refractivity contribution is 0.0762. The van der Waals surface area contributed by atoms with E-state index in [9.17, 15) is 9.18 Å². The van der Waals surface area contributed by atoms with Crippen LogP contribution < -0.4 is 16.6 Å². The van der Waals surface area contributed by atoms with Crippen molar-refractivity contribution < 1.29 is 9.18 Å². The zero-order chi connectivity index (χ0) is 18.8. The maximum absolute atomic E-state index is 13.4. The zero-order valence-electron chi connectivity index (χ0n) is 13.5. The quantitative estimate of drug-likeness (QED) is 0.468. The van der Waals surface area contributed by atoms with Crippen molar-refractivity contribution in [3.8, 4) is 0 Å². The molecule has 2 heterocycles. The van der Waals surface area contributed by atoms with Gasteiger partial charge < -0.3 is 10.6 Å². The molecule has 0 spiro atoms. The molecular weight excluding hydrogens is 382 g/mol. The number of hydrogen-bond donors (Lipinski definition) is 2. The van der Waals surface area contributed by atoms with E-state index >= 15 is 0 Å². The molecule has 1 aromatic carbocycles. The van der Waals surface area contributed by atoms with Crippen molar-refractivity contribution in [1.29, 1.82) is 0 Å². The molecule has 0 bridgehead atoms. The number of aromatic nitrogens is 2. The summed E-state index contributed by atoms with van der Waals surface area (Å²) in [6.45, 7) is 0.502. The summed E-state index contributed by atoms with van der Waals surface area (Å²) >= 11 is 11.8. The number of carbonyl (C=O) groups excluding carboxylic acids is 1. The minimum Gasteiger partial charge on any atom is -0.399 e. The summed E-state index contributed by atoms with van der Waals surface area (Å²) in [5.74, 6) is 5.43. The Morgan fingerprint density at radius 3 is 2.69 bits per heavy atom. The third kappa shape index (κ3) is 3.44. The predicted octanol–water partition coefficient (Wildman–Crippen LogP) is 2.32. The molecule has 0 atom stereocenters. The van der Waals surface area contributed by atoms with Crippen LogP contribution in [0.1, 0.15) is 16.8 Å². The first-order chi connectivity index (χ1) is 12.4. The van der Waals surface area contributed by atoms with Crippen LogP contribution in [0.3, 0.4) is 0 Å². The van der Waals surface area contributed by atoms with E-state index in [-0.39, 0.29) is 28.1 Å². The average Bonchev–Trinajstić information content (AvgIpc) is 2.66. The van der Waals surface area contributed by atoms with Gasteiger partial charge in [0.1, 0.15) is 5.82 Å². The Labute approximate surface area is 159 Å². The van der Waals surface area contributed by atoms with Crippen LogP contribution in [0.25, 0.3) is 0 Å². The van der Waals surface area contributed by atoms with Crippen LogP contribution in [0.2, 0.25) is 10.0 Å². The average molecular weight is 397 g/mol. The molecule has 1 amide bonds. The number of rotatable bonds is 3. The SMILES string of the molecule is NC1=C(N(N)c2cnccn2)CCN(C(=O)c2ccc(F)c(Cl)c2Cl)C1. The number of carbonyl (C=O) groups is 1. The van der Waals surface area contributed by atoms with Crippen molar-refractivity contribution in [3.05, 3.63) is 63.5 Å². The molecule has 3 rings (SSSR count). The summed E-state index contributed by atoms with van der Waals surface area (Å²) in [5, 5.41) is 0.950. The number of hydrogen-bond acceptors (Lipinski definition) is 6. The zero-order valence-corrected chi connectivity index (χ0v) is 15.0. The van der Waals surface area contributed by atoms with Gasteiger partial charge >= 0.3 is 0 Å². The Bertz CT molecular complexity index is 877. The van der Waals surface area contributed by atoms with Crippen molar-refractivity contribution in [2.75, 3.05) is 18.1 Å². The van der Waals surface area contributed by atoms with Crippen LogP contribution in [0.5, 0.6) is 0 Å². The van der Waals surface area contributed by atoms with Gasteiger partial charge in [0.25, 0.3) is 5.91 Å². The van der Waals surface area contributed by atoms with Gasteiger partial charge in [-0.3, -0.25) is 14.8 Å². The van der Waals surface area contributed by atoms with E-state index in [0.717, 1.165) is 6.07 Å². The highest BCUT2D eigenvalue weighted by Crippen LogP contribution is 2.30. The molecule has 0 saturated carbocycles. The van der Waals surface area contributed by atoms with Gasteiger partial charge in [-0.2, -0.15) is 0 Å². The molecule has 1 aliphatic heterocycles. The number of nitrogens with two attached hydrogens (primary N) is 2. The van der Waals surface area contributed by atoms with Gasteiger partial charge in [-0.05, 0) is 12.1 Å². The van der Waals surface area contributed by atoms with Crippen molar-refractivity contribution in [2.24, 2.45) is 11.6 Å². The van der Waals surface area contributed by atoms with E-state index in [1.54, 1.807) is 0 Å². The highest BCUT2D eigenvalue weighted by Gasteiger charge is 2.27. The van der Waals surface area contributed by atoms with Gasteiger partial charge in [0.2, 0.25) is 0 Å². The van der Waals surface area contributed by atoms with Gasteiger partial charge in [0.15, 0.2) is 5.82 Å². The van der Waals surface area contributed by atoms with Crippen molar-refractivity contribution in [3.63, 3.8) is 0 Å².